The number of hydrogen-bond acceptors (Lipinski definition) is 2. The summed E-state index contributed by atoms with van der Waals surface area (Å²) in [5.74, 6) is -0.151. The van der Waals surface area contributed by atoms with E-state index in [1.807, 2.05) is 6.07 Å². The van der Waals surface area contributed by atoms with E-state index < -0.39 is 0 Å². The molecule has 1 unspecified atom stereocenters. The fourth-order valence-electron chi connectivity index (χ4n) is 2.91. The molecule has 0 aromatic heterocycles. The molecule has 0 bridgehead atoms. The molecule has 0 spiro atoms. The Kier molecular flexibility index (Phi) is 4.58. The fourth-order valence-corrected chi connectivity index (χ4v) is 2.91. The summed E-state index contributed by atoms with van der Waals surface area (Å²) < 4.78 is 13.2. The van der Waals surface area contributed by atoms with Crippen molar-refractivity contribution in [3.63, 3.8) is 0 Å². The molecule has 0 radical (unpaired) electrons. The maximum atomic E-state index is 13.2. The summed E-state index contributed by atoms with van der Waals surface area (Å²) in [7, 11) is 2.11. The van der Waals surface area contributed by atoms with Crippen molar-refractivity contribution in [2.45, 2.75) is 39.3 Å². The summed E-state index contributed by atoms with van der Waals surface area (Å²) in [6.07, 6.45) is 2.54. The van der Waals surface area contributed by atoms with E-state index in [1.165, 1.54) is 18.9 Å². The lowest BCUT2D eigenvalue weighted by atomic mass is 9.77. The molecule has 0 amide bonds. The molecule has 0 saturated carbocycles. The first-order valence-electron chi connectivity index (χ1n) is 7.14. The lowest BCUT2D eigenvalue weighted by molar-refractivity contribution is 0.136. The van der Waals surface area contributed by atoms with Gasteiger partial charge in [-0.2, -0.15) is 0 Å². The van der Waals surface area contributed by atoms with E-state index in [4.69, 9.17) is 0 Å². The van der Waals surface area contributed by atoms with Crippen LogP contribution in [0.5, 0.6) is 0 Å². The van der Waals surface area contributed by atoms with Gasteiger partial charge in [0.1, 0.15) is 5.82 Å². The van der Waals surface area contributed by atoms with Gasteiger partial charge in [0.05, 0.1) is 0 Å². The average Bonchev–Trinajstić information content (AvgIpc) is 2.32. The van der Waals surface area contributed by atoms with Crippen molar-refractivity contribution in [1.82, 2.24) is 10.2 Å². The molecule has 1 saturated heterocycles. The molecule has 1 atom stereocenters. The zero-order valence-electron chi connectivity index (χ0n) is 12.2. The zero-order chi connectivity index (χ0) is 13.9. The summed E-state index contributed by atoms with van der Waals surface area (Å²) in [5, 5.41) is 3.62. The van der Waals surface area contributed by atoms with Crippen LogP contribution in [0.3, 0.4) is 0 Å². The van der Waals surface area contributed by atoms with Gasteiger partial charge in [-0.3, -0.25) is 0 Å². The van der Waals surface area contributed by atoms with Crippen molar-refractivity contribution < 1.29 is 4.39 Å². The van der Waals surface area contributed by atoms with Crippen molar-refractivity contribution >= 4 is 0 Å². The Labute approximate surface area is 116 Å². The van der Waals surface area contributed by atoms with Crippen LogP contribution < -0.4 is 5.32 Å². The van der Waals surface area contributed by atoms with E-state index in [0.717, 1.165) is 25.2 Å². The normalized spacial score (nSPS) is 22.7. The first-order chi connectivity index (χ1) is 8.97. The van der Waals surface area contributed by atoms with Gasteiger partial charge in [-0.25, -0.2) is 4.39 Å². The minimum Gasteiger partial charge on any atom is -0.312 e. The van der Waals surface area contributed by atoms with Gasteiger partial charge >= 0.3 is 0 Å². The standard InChI is InChI=1S/C16H25FN2/c1-16(2)8-5-9-18-15(16)12-19(3)11-13-6-4-7-14(17)10-13/h4,6-7,10,15,18H,5,8-9,11-12H2,1-3H3. The predicted octanol–water partition coefficient (Wildman–Crippen LogP) is 3.04. The van der Waals surface area contributed by atoms with Gasteiger partial charge in [-0.05, 0) is 49.5 Å². The molecule has 1 fully saturated rings. The van der Waals surface area contributed by atoms with Crippen LogP contribution in [0, 0.1) is 11.2 Å². The highest BCUT2D eigenvalue weighted by Gasteiger charge is 2.32. The third-order valence-electron chi connectivity index (χ3n) is 4.17. The molecular weight excluding hydrogens is 239 g/mol. The SMILES string of the molecule is CN(Cc1cccc(F)c1)CC1NCCCC1(C)C. The van der Waals surface area contributed by atoms with Gasteiger partial charge in [-0.15, -0.1) is 0 Å². The van der Waals surface area contributed by atoms with Crippen molar-refractivity contribution in [3.05, 3.63) is 35.6 Å². The highest BCUT2D eigenvalue weighted by molar-refractivity contribution is 5.16. The second kappa shape index (κ2) is 6.02. The van der Waals surface area contributed by atoms with Crippen LogP contribution in [0.2, 0.25) is 0 Å². The number of benzene rings is 1. The number of halogens is 1. The summed E-state index contributed by atoms with van der Waals surface area (Å²) in [6, 6.07) is 7.39. The lowest BCUT2D eigenvalue weighted by Crippen LogP contribution is -2.52. The Morgan fingerprint density at radius 2 is 2.21 bits per heavy atom. The van der Waals surface area contributed by atoms with Crippen molar-refractivity contribution in [2.75, 3.05) is 20.1 Å². The molecule has 1 aliphatic rings. The van der Waals surface area contributed by atoms with Crippen LogP contribution in [0.15, 0.2) is 24.3 Å². The van der Waals surface area contributed by atoms with Gasteiger partial charge in [0.2, 0.25) is 0 Å². The van der Waals surface area contributed by atoms with Crippen molar-refractivity contribution in [1.29, 1.82) is 0 Å². The second-order valence-electron chi connectivity index (χ2n) is 6.43. The summed E-state index contributed by atoms with van der Waals surface area (Å²) in [6.45, 7) is 7.58. The number of nitrogens with zero attached hydrogens (tertiary/aromatic N) is 1. The molecule has 3 heteroatoms. The second-order valence-corrected chi connectivity index (χ2v) is 6.43. The first kappa shape index (κ1) is 14.5. The van der Waals surface area contributed by atoms with E-state index in [9.17, 15) is 4.39 Å². The quantitative estimate of drug-likeness (QED) is 0.899. The Balaban J connectivity index is 1.92. The molecule has 1 aliphatic heterocycles. The molecule has 19 heavy (non-hydrogen) atoms. The Morgan fingerprint density at radius 3 is 2.89 bits per heavy atom. The van der Waals surface area contributed by atoms with Crippen LogP contribution in [0.25, 0.3) is 0 Å². The summed E-state index contributed by atoms with van der Waals surface area (Å²) in [5.41, 5.74) is 1.38. The van der Waals surface area contributed by atoms with Crippen LogP contribution in [-0.2, 0) is 6.54 Å². The highest BCUT2D eigenvalue weighted by Crippen LogP contribution is 2.30. The lowest BCUT2D eigenvalue weighted by Gasteiger charge is -2.41. The molecule has 1 aromatic carbocycles. The fraction of sp³-hybridized carbons (Fsp3) is 0.625. The smallest absolute Gasteiger partial charge is 0.123 e. The van der Waals surface area contributed by atoms with E-state index in [2.05, 4.69) is 31.1 Å². The van der Waals surface area contributed by atoms with Gasteiger partial charge in [0, 0.05) is 19.1 Å². The minimum atomic E-state index is -0.151. The number of likely N-dealkylation sites (N-methyl/N-ethyl adjacent to an activating group) is 1. The summed E-state index contributed by atoms with van der Waals surface area (Å²) in [4.78, 5) is 2.28. The third kappa shape index (κ3) is 4.02. The van der Waals surface area contributed by atoms with E-state index in [1.54, 1.807) is 12.1 Å². The molecule has 1 N–H and O–H groups in total. The minimum absolute atomic E-state index is 0.151. The molecule has 1 aromatic rings. The molecule has 0 aliphatic carbocycles. The topological polar surface area (TPSA) is 15.3 Å². The molecule has 2 nitrogen and oxygen atoms in total. The van der Waals surface area contributed by atoms with Crippen molar-refractivity contribution in [3.8, 4) is 0 Å². The van der Waals surface area contributed by atoms with Crippen LogP contribution in [0.4, 0.5) is 4.39 Å². The average molecular weight is 264 g/mol. The first-order valence-corrected chi connectivity index (χ1v) is 7.14. The highest BCUT2D eigenvalue weighted by atomic mass is 19.1. The molecule has 106 valence electrons. The van der Waals surface area contributed by atoms with Crippen LogP contribution in [0.1, 0.15) is 32.3 Å². The Morgan fingerprint density at radius 1 is 1.42 bits per heavy atom. The van der Waals surface area contributed by atoms with Gasteiger partial charge < -0.3 is 10.2 Å². The predicted molar refractivity (Wildman–Crippen MR) is 77.5 cm³/mol. The van der Waals surface area contributed by atoms with E-state index in [0.29, 0.717) is 11.5 Å². The molecular formula is C16H25FN2. The zero-order valence-corrected chi connectivity index (χ0v) is 12.2. The number of rotatable bonds is 4. The number of piperidine rings is 1. The molecule has 1 heterocycles. The number of hydrogen-bond donors (Lipinski definition) is 1. The van der Waals surface area contributed by atoms with Crippen LogP contribution >= 0.6 is 0 Å². The van der Waals surface area contributed by atoms with Crippen LogP contribution in [-0.4, -0.2) is 31.1 Å². The van der Waals surface area contributed by atoms with Crippen molar-refractivity contribution in [2.24, 2.45) is 5.41 Å². The Hall–Kier alpha value is -0.930. The Bertz CT molecular complexity index is 417. The largest absolute Gasteiger partial charge is 0.312 e. The van der Waals surface area contributed by atoms with E-state index in [-0.39, 0.29) is 5.82 Å². The summed E-state index contributed by atoms with van der Waals surface area (Å²) >= 11 is 0. The van der Waals surface area contributed by atoms with Gasteiger partial charge in [0.25, 0.3) is 0 Å². The number of nitrogens with one attached hydrogen (secondary N) is 1. The monoisotopic (exact) mass is 264 g/mol. The molecule has 2 rings (SSSR count). The third-order valence-corrected chi connectivity index (χ3v) is 4.17. The van der Waals surface area contributed by atoms with E-state index >= 15 is 0 Å². The maximum Gasteiger partial charge on any atom is 0.123 e. The van der Waals surface area contributed by atoms with Gasteiger partial charge in [-0.1, -0.05) is 26.0 Å². The maximum absolute atomic E-state index is 13.2. The van der Waals surface area contributed by atoms with Gasteiger partial charge in [0.15, 0.2) is 0 Å².